The number of halogens is 1. The van der Waals surface area contributed by atoms with E-state index in [4.69, 9.17) is 4.74 Å². The smallest absolute Gasteiger partial charge is 0.175 e. The van der Waals surface area contributed by atoms with E-state index in [-0.39, 0.29) is 23.5 Å². The van der Waals surface area contributed by atoms with Crippen LogP contribution < -0.4 is 4.74 Å². The molecule has 0 saturated heterocycles. The number of carbonyl (C=O) groups excluding carboxylic acids is 1. The van der Waals surface area contributed by atoms with Crippen LogP contribution >= 0.6 is 0 Å². The average molecular weight is 248 g/mol. The molecule has 2 rings (SSSR count). The van der Waals surface area contributed by atoms with Crippen LogP contribution in [0.25, 0.3) is 0 Å². The summed E-state index contributed by atoms with van der Waals surface area (Å²) < 4.78 is 20.3. The third-order valence-electron chi connectivity index (χ3n) is 2.58. The monoisotopic (exact) mass is 248 g/mol. The number of hydrogen-bond donors (Lipinski definition) is 0. The van der Waals surface area contributed by atoms with E-state index in [0.29, 0.717) is 5.69 Å². The van der Waals surface area contributed by atoms with Gasteiger partial charge >= 0.3 is 0 Å². The lowest BCUT2D eigenvalue weighted by Gasteiger charge is -2.07. The van der Waals surface area contributed by atoms with Gasteiger partial charge in [-0.15, -0.1) is 0 Å². The number of ketones is 1. The van der Waals surface area contributed by atoms with Gasteiger partial charge in [0.1, 0.15) is 11.6 Å². The van der Waals surface area contributed by atoms with Crippen LogP contribution in [0.3, 0.4) is 0 Å². The van der Waals surface area contributed by atoms with Crippen LogP contribution in [0.2, 0.25) is 0 Å². The molecule has 94 valence electrons. The molecule has 0 fully saturated rings. The van der Waals surface area contributed by atoms with Crippen LogP contribution in [0, 0.1) is 5.82 Å². The molecule has 1 aromatic heterocycles. The molecule has 1 heterocycles. The van der Waals surface area contributed by atoms with Gasteiger partial charge in [-0.2, -0.15) is 5.10 Å². The Morgan fingerprint density at radius 1 is 1.44 bits per heavy atom. The van der Waals surface area contributed by atoms with E-state index in [1.54, 1.807) is 30.1 Å². The Hall–Kier alpha value is -2.17. The second kappa shape index (κ2) is 5.00. The number of aryl methyl sites for hydroxylation is 1. The molecule has 0 saturated carbocycles. The zero-order chi connectivity index (χ0) is 13.1. The van der Waals surface area contributed by atoms with Crippen LogP contribution in [0.5, 0.6) is 5.75 Å². The fourth-order valence-electron chi connectivity index (χ4n) is 1.76. The summed E-state index contributed by atoms with van der Waals surface area (Å²) in [5, 5.41) is 4.09. The highest BCUT2D eigenvalue weighted by Crippen LogP contribution is 2.22. The number of benzene rings is 1. The molecule has 2 aromatic rings. The first-order valence-corrected chi connectivity index (χ1v) is 5.46. The van der Waals surface area contributed by atoms with Crippen LogP contribution in [0.15, 0.2) is 30.5 Å². The van der Waals surface area contributed by atoms with Crippen LogP contribution in [0.4, 0.5) is 4.39 Å². The van der Waals surface area contributed by atoms with Gasteiger partial charge < -0.3 is 4.74 Å². The molecule has 0 radical (unpaired) electrons. The number of nitrogens with zero attached hydrogens (tertiary/aromatic N) is 2. The summed E-state index contributed by atoms with van der Waals surface area (Å²) >= 11 is 0. The second-order valence-electron chi connectivity index (χ2n) is 3.90. The minimum atomic E-state index is -0.574. The highest BCUT2D eigenvalue weighted by molar-refractivity contribution is 6.00. The van der Waals surface area contributed by atoms with E-state index < -0.39 is 5.82 Å². The maximum Gasteiger partial charge on any atom is 0.175 e. The molecule has 0 spiro atoms. The summed E-state index contributed by atoms with van der Waals surface area (Å²) in [6.45, 7) is 0. The molecule has 0 amide bonds. The van der Waals surface area contributed by atoms with Gasteiger partial charge in [0, 0.05) is 13.2 Å². The number of rotatable bonds is 4. The molecule has 0 unspecified atom stereocenters. The van der Waals surface area contributed by atoms with Crippen molar-refractivity contribution >= 4 is 5.78 Å². The van der Waals surface area contributed by atoms with Crippen LogP contribution in [0.1, 0.15) is 16.1 Å². The number of ether oxygens (including phenoxy) is 1. The van der Waals surface area contributed by atoms with Gasteiger partial charge in [-0.25, -0.2) is 4.39 Å². The summed E-state index contributed by atoms with van der Waals surface area (Å²) in [6, 6.07) is 6.04. The molecule has 0 bridgehead atoms. The lowest BCUT2D eigenvalue weighted by molar-refractivity contribution is 0.0984. The first-order chi connectivity index (χ1) is 8.61. The van der Waals surface area contributed by atoms with E-state index in [1.807, 2.05) is 0 Å². The number of aromatic nitrogens is 2. The zero-order valence-corrected chi connectivity index (χ0v) is 10.2. The summed E-state index contributed by atoms with van der Waals surface area (Å²) in [5.41, 5.74) is 0.582. The van der Waals surface area contributed by atoms with Gasteiger partial charge in [-0.3, -0.25) is 9.48 Å². The van der Waals surface area contributed by atoms with E-state index in [9.17, 15) is 9.18 Å². The number of methoxy groups -OCH3 is 1. The minimum absolute atomic E-state index is 0.0225. The molecular weight excluding hydrogens is 235 g/mol. The maximum atomic E-state index is 13.7. The number of hydrogen-bond acceptors (Lipinski definition) is 3. The van der Waals surface area contributed by atoms with Gasteiger partial charge in [0.25, 0.3) is 0 Å². The molecule has 5 heteroatoms. The molecule has 0 atom stereocenters. The number of carbonyl (C=O) groups is 1. The lowest BCUT2D eigenvalue weighted by Crippen LogP contribution is -2.09. The predicted octanol–water partition coefficient (Wildman–Crippen LogP) is 1.99. The highest BCUT2D eigenvalue weighted by atomic mass is 19.1. The fourth-order valence-corrected chi connectivity index (χ4v) is 1.76. The van der Waals surface area contributed by atoms with Gasteiger partial charge in [0.2, 0.25) is 0 Å². The largest absolute Gasteiger partial charge is 0.496 e. The van der Waals surface area contributed by atoms with Crippen molar-refractivity contribution in [3.8, 4) is 5.75 Å². The Bertz CT molecular complexity index is 578. The fraction of sp³-hybridized carbons (Fsp3) is 0.231. The maximum absolute atomic E-state index is 13.7. The van der Waals surface area contributed by atoms with Crippen LogP contribution in [-0.4, -0.2) is 22.7 Å². The van der Waals surface area contributed by atoms with Gasteiger partial charge in [-0.1, -0.05) is 6.07 Å². The van der Waals surface area contributed by atoms with Crippen LogP contribution in [-0.2, 0) is 13.5 Å². The standard InChI is InChI=1S/C13H13FN2O2/c1-16-7-6-9(15-16)8-11(17)13-10(14)4-3-5-12(13)18-2/h3-7H,8H2,1-2H3. The third kappa shape index (κ3) is 2.40. The van der Waals surface area contributed by atoms with Crippen molar-refractivity contribution < 1.29 is 13.9 Å². The predicted molar refractivity (Wildman–Crippen MR) is 64.2 cm³/mol. The van der Waals surface area contributed by atoms with Gasteiger partial charge in [0.15, 0.2) is 5.78 Å². The summed E-state index contributed by atoms with van der Waals surface area (Å²) in [6.07, 6.45) is 1.79. The van der Waals surface area contributed by atoms with Crippen molar-refractivity contribution in [2.45, 2.75) is 6.42 Å². The van der Waals surface area contributed by atoms with Gasteiger partial charge in [0.05, 0.1) is 24.8 Å². The molecule has 4 nitrogen and oxygen atoms in total. The van der Waals surface area contributed by atoms with E-state index in [2.05, 4.69) is 5.10 Å². The first-order valence-electron chi connectivity index (χ1n) is 5.46. The molecular formula is C13H13FN2O2. The van der Waals surface area contributed by atoms with Crippen molar-refractivity contribution in [2.24, 2.45) is 7.05 Å². The molecule has 0 aliphatic rings. The van der Waals surface area contributed by atoms with Crippen molar-refractivity contribution in [1.29, 1.82) is 0 Å². The topological polar surface area (TPSA) is 44.1 Å². The zero-order valence-electron chi connectivity index (χ0n) is 10.2. The van der Waals surface area contributed by atoms with Crippen molar-refractivity contribution in [3.05, 3.63) is 47.5 Å². The molecule has 0 N–H and O–H groups in total. The SMILES string of the molecule is COc1cccc(F)c1C(=O)Cc1ccn(C)n1. The van der Waals surface area contributed by atoms with Crippen molar-refractivity contribution in [3.63, 3.8) is 0 Å². The van der Waals surface area contributed by atoms with Crippen molar-refractivity contribution in [2.75, 3.05) is 7.11 Å². The van der Waals surface area contributed by atoms with Crippen molar-refractivity contribution in [1.82, 2.24) is 9.78 Å². The Morgan fingerprint density at radius 2 is 2.22 bits per heavy atom. The highest BCUT2D eigenvalue weighted by Gasteiger charge is 2.18. The summed E-state index contributed by atoms with van der Waals surface area (Å²) in [5.74, 6) is -0.671. The third-order valence-corrected chi connectivity index (χ3v) is 2.58. The van der Waals surface area contributed by atoms with Gasteiger partial charge in [-0.05, 0) is 18.2 Å². The normalized spacial score (nSPS) is 10.4. The first kappa shape index (κ1) is 12.3. The van der Waals surface area contributed by atoms with E-state index in [1.165, 1.54) is 19.2 Å². The molecule has 0 aliphatic heterocycles. The molecule has 1 aromatic carbocycles. The Kier molecular flexibility index (Phi) is 3.41. The minimum Gasteiger partial charge on any atom is -0.496 e. The Labute approximate surface area is 104 Å². The summed E-state index contributed by atoms with van der Waals surface area (Å²) in [7, 11) is 3.17. The average Bonchev–Trinajstić information content (AvgIpc) is 2.74. The molecule has 0 aliphatic carbocycles. The quantitative estimate of drug-likeness (QED) is 0.777. The molecule has 18 heavy (non-hydrogen) atoms. The Morgan fingerprint density at radius 3 is 2.83 bits per heavy atom. The Balaban J connectivity index is 2.28. The summed E-state index contributed by atoms with van der Waals surface area (Å²) in [4.78, 5) is 12.1. The number of Topliss-reactive ketones (excluding diaryl/α,β-unsaturated/α-hetero) is 1. The van der Waals surface area contributed by atoms with E-state index in [0.717, 1.165) is 0 Å². The van der Waals surface area contributed by atoms with E-state index >= 15 is 0 Å². The lowest BCUT2D eigenvalue weighted by atomic mass is 10.0. The second-order valence-corrected chi connectivity index (χ2v) is 3.90.